The lowest BCUT2D eigenvalue weighted by molar-refractivity contribution is -0.0426. The fraction of sp³-hybridized carbons (Fsp3) is 0.316. The van der Waals surface area contributed by atoms with Gasteiger partial charge < -0.3 is 4.90 Å². The molecule has 0 radical (unpaired) electrons. The molecular weight excluding hydrogens is 258 g/mol. The van der Waals surface area contributed by atoms with Crippen LogP contribution in [0.4, 0.5) is 0 Å². The number of hydrogen-bond donors (Lipinski definition) is 0. The summed E-state index contributed by atoms with van der Waals surface area (Å²) in [5.74, 6) is 0.187. The van der Waals surface area contributed by atoms with E-state index in [2.05, 4.69) is 12.1 Å². The van der Waals surface area contributed by atoms with Gasteiger partial charge in [-0.05, 0) is 36.1 Å². The molecule has 0 atom stereocenters. The minimum atomic E-state index is 0.187. The first-order valence-electron chi connectivity index (χ1n) is 7.71. The monoisotopic (exact) mass is 277 g/mol. The highest BCUT2D eigenvalue weighted by atomic mass is 16.2. The molecule has 1 aliphatic carbocycles. The summed E-state index contributed by atoms with van der Waals surface area (Å²) >= 11 is 0. The number of benzene rings is 2. The molecule has 4 rings (SSSR count). The van der Waals surface area contributed by atoms with E-state index in [4.69, 9.17) is 0 Å². The molecule has 2 aromatic rings. The molecule has 1 saturated carbocycles. The van der Waals surface area contributed by atoms with Gasteiger partial charge in [0.2, 0.25) is 0 Å². The van der Waals surface area contributed by atoms with Gasteiger partial charge >= 0.3 is 0 Å². The fourth-order valence-corrected chi connectivity index (χ4v) is 3.52. The van der Waals surface area contributed by atoms with Crippen LogP contribution in [-0.2, 0) is 0 Å². The third-order valence-electron chi connectivity index (χ3n) is 4.99. The van der Waals surface area contributed by atoms with Crippen molar-refractivity contribution in [2.45, 2.75) is 19.3 Å². The Labute approximate surface area is 125 Å². The van der Waals surface area contributed by atoms with Crippen LogP contribution in [0.25, 0.3) is 11.1 Å². The Hall–Kier alpha value is -2.09. The second kappa shape index (κ2) is 4.73. The van der Waals surface area contributed by atoms with E-state index in [9.17, 15) is 4.79 Å². The van der Waals surface area contributed by atoms with Gasteiger partial charge in [0.15, 0.2) is 0 Å². The van der Waals surface area contributed by atoms with Gasteiger partial charge in [0.25, 0.3) is 5.91 Å². The molecule has 21 heavy (non-hydrogen) atoms. The van der Waals surface area contributed by atoms with Crippen molar-refractivity contribution in [2.75, 3.05) is 13.1 Å². The second-order valence-corrected chi connectivity index (χ2v) is 6.46. The molecule has 106 valence electrons. The minimum absolute atomic E-state index is 0.187. The summed E-state index contributed by atoms with van der Waals surface area (Å²) in [7, 11) is 0. The van der Waals surface area contributed by atoms with Gasteiger partial charge in [0.1, 0.15) is 0 Å². The average Bonchev–Trinajstić information content (AvgIpc) is 2.45. The van der Waals surface area contributed by atoms with Crippen LogP contribution >= 0.6 is 0 Å². The van der Waals surface area contributed by atoms with Crippen molar-refractivity contribution in [2.24, 2.45) is 5.41 Å². The van der Waals surface area contributed by atoms with E-state index < -0.39 is 0 Å². The van der Waals surface area contributed by atoms with Crippen molar-refractivity contribution < 1.29 is 4.79 Å². The summed E-state index contributed by atoms with van der Waals surface area (Å²) in [5, 5.41) is 0. The van der Waals surface area contributed by atoms with E-state index >= 15 is 0 Å². The summed E-state index contributed by atoms with van der Waals surface area (Å²) in [6.07, 6.45) is 3.96. The molecule has 0 aromatic heterocycles. The molecule has 0 bridgehead atoms. The van der Waals surface area contributed by atoms with Gasteiger partial charge in [-0.3, -0.25) is 4.79 Å². The number of nitrogens with zero attached hydrogens (tertiary/aromatic N) is 1. The van der Waals surface area contributed by atoms with Gasteiger partial charge in [0, 0.05) is 24.1 Å². The Morgan fingerprint density at radius 3 is 2.05 bits per heavy atom. The molecule has 2 aromatic carbocycles. The molecule has 2 fully saturated rings. The predicted molar refractivity (Wildman–Crippen MR) is 84.1 cm³/mol. The van der Waals surface area contributed by atoms with Crippen molar-refractivity contribution in [3.8, 4) is 11.1 Å². The minimum Gasteiger partial charge on any atom is -0.337 e. The highest BCUT2D eigenvalue weighted by molar-refractivity contribution is 5.95. The Kier molecular flexibility index (Phi) is 2.85. The zero-order valence-electron chi connectivity index (χ0n) is 12.1. The van der Waals surface area contributed by atoms with Crippen molar-refractivity contribution >= 4 is 5.91 Å². The first kappa shape index (κ1) is 12.6. The largest absolute Gasteiger partial charge is 0.337 e. The van der Waals surface area contributed by atoms with Crippen LogP contribution < -0.4 is 0 Å². The fourth-order valence-electron chi connectivity index (χ4n) is 3.52. The van der Waals surface area contributed by atoms with Crippen molar-refractivity contribution in [1.82, 2.24) is 4.90 Å². The van der Waals surface area contributed by atoms with Gasteiger partial charge in [-0.15, -0.1) is 0 Å². The van der Waals surface area contributed by atoms with Crippen LogP contribution in [0.5, 0.6) is 0 Å². The Morgan fingerprint density at radius 2 is 1.48 bits per heavy atom. The number of amides is 1. The first-order chi connectivity index (χ1) is 10.3. The maximum absolute atomic E-state index is 12.4. The SMILES string of the molecule is O=C(c1ccc(-c2ccccc2)cc1)N1CC2(CCC2)C1. The zero-order valence-corrected chi connectivity index (χ0v) is 12.1. The van der Waals surface area contributed by atoms with Crippen molar-refractivity contribution in [3.63, 3.8) is 0 Å². The maximum Gasteiger partial charge on any atom is 0.253 e. The molecular formula is C19H19NO. The third kappa shape index (κ3) is 2.15. The summed E-state index contributed by atoms with van der Waals surface area (Å²) in [5.41, 5.74) is 3.66. The van der Waals surface area contributed by atoms with Crippen molar-refractivity contribution in [3.05, 3.63) is 60.2 Å². The summed E-state index contributed by atoms with van der Waals surface area (Å²) in [6.45, 7) is 1.93. The molecule has 0 unspecified atom stereocenters. The topological polar surface area (TPSA) is 20.3 Å². The predicted octanol–water partition coefficient (Wildman–Crippen LogP) is 3.98. The highest BCUT2D eigenvalue weighted by Gasteiger charge is 2.48. The normalized spacial score (nSPS) is 19.0. The second-order valence-electron chi connectivity index (χ2n) is 6.46. The number of carbonyl (C=O) groups is 1. The molecule has 0 N–H and O–H groups in total. The number of hydrogen-bond acceptors (Lipinski definition) is 1. The molecule has 2 heteroatoms. The lowest BCUT2D eigenvalue weighted by Gasteiger charge is -2.55. The summed E-state index contributed by atoms with van der Waals surface area (Å²) in [6, 6.07) is 18.3. The molecule has 1 heterocycles. The summed E-state index contributed by atoms with van der Waals surface area (Å²) in [4.78, 5) is 14.4. The van der Waals surface area contributed by atoms with Crippen LogP contribution in [0.2, 0.25) is 0 Å². The van der Waals surface area contributed by atoms with E-state index in [-0.39, 0.29) is 5.91 Å². The molecule has 2 aliphatic rings. The summed E-state index contributed by atoms with van der Waals surface area (Å²) < 4.78 is 0. The highest BCUT2D eigenvalue weighted by Crippen LogP contribution is 2.48. The lowest BCUT2D eigenvalue weighted by Crippen LogP contribution is -2.61. The van der Waals surface area contributed by atoms with Crippen molar-refractivity contribution in [1.29, 1.82) is 0 Å². The smallest absolute Gasteiger partial charge is 0.253 e. The number of rotatable bonds is 2. The molecule has 2 nitrogen and oxygen atoms in total. The van der Waals surface area contributed by atoms with E-state index in [0.29, 0.717) is 5.41 Å². The van der Waals surface area contributed by atoms with Crippen LogP contribution in [0, 0.1) is 5.41 Å². The molecule has 1 spiro atoms. The quantitative estimate of drug-likeness (QED) is 0.813. The lowest BCUT2D eigenvalue weighted by atomic mass is 9.63. The first-order valence-corrected chi connectivity index (χ1v) is 7.71. The van der Waals surface area contributed by atoms with E-state index in [0.717, 1.165) is 24.2 Å². The molecule has 1 amide bonds. The Balaban J connectivity index is 1.48. The van der Waals surface area contributed by atoms with E-state index in [1.165, 1.54) is 24.8 Å². The van der Waals surface area contributed by atoms with Gasteiger partial charge in [0.05, 0.1) is 0 Å². The van der Waals surface area contributed by atoms with Gasteiger partial charge in [-0.1, -0.05) is 48.9 Å². The number of likely N-dealkylation sites (tertiary alicyclic amines) is 1. The van der Waals surface area contributed by atoms with Gasteiger partial charge in [-0.2, -0.15) is 0 Å². The van der Waals surface area contributed by atoms with Gasteiger partial charge in [-0.25, -0.2) is 0 Å². The van der Waals surface area contributed by atoms with E-state index in [1.807, 2.05) is 47.4 Å². The van der Waals surface area contributed by atoms with Crippen LogP contribution in [0.15, 0.2) is 54.6 Å². The third-order valence-corrected chi connectivity index (χ3v) is 4.99. The number of carbonyl (C=O) groups excluding carboxylic acids is 1. The zero-order chi connectivity index (χ0) is 14.3. The molecule has 1 aliphatic heterocycles. The van der Waals surface area contributed by atoms with Crippen LogP contribution in [0.3, 0.4) is 0 Å². The van der Waals surface area contributed by atoms with Crippen LogP contribution in [0.1, 0.15) is 29.6 Å². The molecule has 1 saturated heterocycles. The maximum atomic E-state index is 12.4. The average molecular weight is 277 g/mol. The van der Waals surface area contributed by atoms with E-state index in [1.54, 1.807) is 0 Å². The Bertz CT molecular complexity index is 648. The standard InChI is InChI=1S/C19H19NO/c21-18(20-13-19(14-20)11-4-12-19)17-9-7-16(8-10-17)15-5-2-1-3-6-15/h1-3,5-10H,4,11-14H2. The Morgan fingerprint density at radius 1 is 0.857 bits per heavy atom. The van der Waals surface area contributed by atoms with Crippen LogP contribution in [-0.4, -0.2) is 23.9 Å².